The molecular weight excluding hydrogens is 324 g/mol. The zero-order valence-corrected chi connectivity index (χ0v) is 15.1. The highest BCUT2D eigenvalue weighted by Crippen LogP contribution is 2.23. The summed E-state index contributed by atoms with van der Waals surface area (Å²) < 4.78 is 27.9. The van der Waals surface area contributed by atoms with Gasteiger partial charge in [0, 0.05) is 11.6 Å². The Hall–Kier alpha value is -2.34. The van der Waals surface area contributed by atoms with E-state index in [9.17, 15) is 13.2 Å². The van der Waals surface area contributed by atoms with Crippen molar-refractivity contribution in [1.82, 2.24) is 5.32 Å². The summed E-state index contributed by atoms with van der Waals surface area (Å²) in [4.78, 5) is 12.1. The number of hydrogen-bond donors (Lipinski definition) is 2. The number of para-hydroxylation sites is 1. The Bertz CT molecular complexity index is 838. The molecule has 0 radical (unpaired) electrons. The molecule has 6 heteroatoms. The molecule has 0 saturated carbocycles. The van der Waals surface area contributed by atoms with E-state index in [0.717, 1.165) is 11.1 Å². The van der Waals surface area contributed by atoms with Gasteiger partial charge in [-0.2, -0.15) is 0 Å². The van der Waals surface area contributed by atoms with Gasteiger partial charge in [-0.25, -0.2) is 8.42 Å². The van der Waals surface area contributed by atoms with Crippen molar-refractivity contribution in [3.63, 3.8) is 0 Å². The lowest BCUT2D eigenvalue weighted by atomic mass is 10.1. The van der Waals surface area contributed by atoms with Gasteiger partial charge in [0.2, 0.25) is 0 Å². The largest absolute Gasteiger partial charge is 0.350 e. The molecule has 2 aromatic carbocycles. The van der Waals surface area contributed by atoms with Crippen molar-refractivity contribution in [3.8, 4) is 0 Å². The van der Waals surface area contributed by atoms with E-state index in [-0.39, 0.29) is 16.8 Å². The van der Waals surface area contributed by atoms with Gasteiger partial charge >= 0.3 is 0 Å². The average Bonchev–Trinajstić information content (AvgIpc) is 2.50. The number of amides is 1. The number of benzene rings is 2. The number of hydrogen-bond acceptors (Lipinski definition) is 3. The van der Waals surface area contributed by atoms with Gasteiger partial charge < -0.3 is 5.32 Å². The van der Waals surface area contributed by atoms with Crippen LogP contribution in [-0.4, -0.2) is 20.4 Å². The molecule has 0 unspecified atom stereocenters. The fraction of sp³-hybridized carbons (Fsp3) is 0.278. The SMILES string of the molecule is Cc1cccc(C)c1NS(=O)(=O)c1cccc(C(=O)NC(C)C)c1. The van der Waals surface area contributed by atoms with Crippen LogP contribution >= 0.6 is 0 Å². The van der Waals surface area contributed by atoms with Crippen molar-refractivity contribution in [2.75, 3.05) is 4.72 Å². The van der Waals surface area contributed by atoms with Crippen molar-refractivity contribution in [2.45, 2.75) is 38.6 Å². The smallest absolute Gasteiger partial charge is 0.261 e. The molecule has 128 valence electrons. The number of anilines is 1. The lowest BCUT2D eigenvalue weighted by Gasteiger charge is -2.14. The maximum absolute atomic E-state index is 12.7. The van der Waals surface area contributed by atoms with Crippen molar-refractivity contribution in [1.29, 1.82) is 0 Å². The number of rotatable bonds is 5. The minimum absolute atomic E-state index is 0.0227. The standard InChI is InChI=1S/C18H22N2O3S/c1-12(2)19-18(21)15-9-6-10-16(11-15)24(22,23)20-17-13(3)7-5-8-14(17)4/h5-12,20H,1-4H3,(H,19,21). The van der Waals surface area contributed by atoms with E-state index in [1.165, 1.54) is 12.1 Å². The second-order valence-electron chi connectivity index (χ2n) is 6.03. The molecule has 1 amide bonds. The zero-order chi connectivity index (χ0) is 17.9. The van der Waals surface area contributed by atoms with E-state index in [4.69, 9.17) is 0 Å². The highest BCUT2D eigenvalue weighted by atomic mass is 32.2. The monoisotopic (exact) mass is 346 g/mol. The molecule has 24 heavy (non-hydrogen) atoms. The van der Waals surface area contributed by atoms with Crippen molar-refractivity contribution >= 4 is 21.6 Å². The van der Waals surface area contributed by atoms with Crippen LogP contribution in [0.15, 0.2) is 47.4 Å². The third-order valence-electron chi connectivity index (χ3n) is 3.54. The predicted molar refractivity (Wildman–Crippen MR) is 95.8 cm³/mol. The molecule has 0 spiro atoms. The fourth-order valence-corrected chi connectivity index (χ4v) is 3.57. The first-order valence-electron chi connectivity index (χ1n) is 7.70. The van der Waals surface area contributed by atoms with Crippen LogP contribution in [-0.2, 0) is 10.0 Å². The first kappa shape index (κ1) is 18.0. The van der Waals surface area contributed by atoms with Gasteiger partial charge in [-0.05, 0) is 57.0 Å². The van der Waals surface area contributed by atoms with Crippen LogP contribution in [0.3, 0.4) is 0 Å². The van der Waals surface area contributed by atoms with Gasteiger partial charge in [-0.15, -0.1) is 0 Å². The Morgan fingerprint density at radius 1 is 1.00 bits per heavy atom. The van der Waals surface area contributed by atoms with Crippen LogP contribution in [0.2, 0.25) is 0 Å². The summed E-state index contributed by atoms with van der Waals surface area (Å²) in [5.41, 5.74) is 2.56. The first-order valence-corrected chi connectivity index (χ1v) is 9.19. The van der Waals surface area contributed by atoms with Crippen molar-refractivity contribution in [3.05, 3.63) is 59.2 Å². The van der Waals surface area contributed by atoms with Crippen LogP contribution in [0.4, 0.5) is 5.69 Å². The van der Waals surface area contributed by atoms with E-state index in [2.05, 4.69) is 10.0 Å². The number of carbonyl (C=O) groups excluding carboxylic acids is 1. The molecule has 0 atom stereocenters. The molecule has 0 heterocycles. The van der Waals surface area contributed by atoms with Gasteiger partial charge in [0.25, 0.3) is 15.9 Å². The topological polar surface area (TPSA) is 75.3 Å². The van der Waals surface area contributed by atoms with Gasteiger partial charge in [-0.1, -0.05) is 24.3 Å². The Labute approximate surface area is 143 Å². The molecule has 0 aliphatic carbocycles. The van der Waals surface area contributed by atoms with E-state index in [1.54, 1.807) is 12.1 Å². The molecule has 0 saturated heterocycles. The number of nitrogens with one attached hydrogen (secondary N) is 2. The van der Waals surface area contributed by atoms with E-state index in [1.807, 2.05) is 45.9 Å². The Balaban J connectivity index is 2.35. The van der Waals surface area contributed by atoms with E-state index < -0.39 is 10.0 Å². The fourth-order valence-electron chi connectivity index (χ4n) is 2.32. The van der Waals surface area contributed by atoms with Crippen LogP contribution in [0.25, 0.3) is 0 Å². The zero-order valence-electron chi connectivity index (χ0n) is 14.3. The molecule has 2 aromatic rings. The van der Waals surface area contributed by atoms with Gasteiger partial charge in [-0.3, -0.25) is 9.52 Å². The molecule has 2 rings (SSSR count). The maximum atomic E-state index is 12.7. The van der Waals surface area contributed by atoms with Crippen LogP contribution < -0.4 is 10.0 Å². The second kappa shape index (κ2) is 7.05. The molecule has 0 bridgehead atoms. The number of sulfonamides is 1. The van der Waals surface area contributed by atoms with Crippen LogP contribution in [0.1, 0.15) is 35.3 Å². The van der Waals surface area contributed by atoms with Gasteiger partial charge in [0.15, 0.2) is 0 Å². The molecule has 0 fully saturated rings. The molecule has 0 aliphatic rings. The Morgan fingerprint density at radius 3 is 2.17 bits per heavy atom. The average molecular weight is 346 g/mol. The summed E-state index contributed by atoms with van der Waals surface area (Å²) in [6.45, 7) is 7.39. The minimum atomic E-state index is -3.77. The molecule has 0 aromatic heterocycles. The maximum Gasteiger partial charge on any atom is 0.261 e. The number of aryl methyl sites for hydroxylation is 2. The highest BCUT2D eigenvalue weighted by molar-refractivity contribution is 7.92. The van der Waals surface area contributed by atoms with E-state index in [0.29, 0.717) is 11.3 Å². The van der Waals surface area contributed by atoms with Crippen LogP contribution in [0, 0.1) is 13.8 Å². The summed E-state index contributed by atoms with van der Waals surface area (Å²) in [7, 11) is -3.77. The van der Waals surface area contributed by atoms with Crippen LogP contribution in [0.5, 0.6) is 0 Å². The summed E-state index contributed by atoms with van der Waals surface area (Å²) >= 11 is 0. The summed E-state index contributed by atoms with van der Waals surface area (Å²) in [5, 5.41) is 2.75. The van der Waals surface area contributed by atoms with Crippen molar-refractivity contribution in [2.24, 2.45) is 0 Å². The van der Waals surface area contributed by atoms with E-state index >= 15 is 0 Å². The lowest BCUT2D eigenvalue weighted by molar-refractivity contribution is 0.0943. The quantitative estimate of drug-likeness (QED) is 0.873. The number of carbonyl (C=O) groups is 1. The lowest BCUT2D eigenvalue weighted by Crippen LogP contribution is -2.30. The summed E-state index contributed by atoms with van der Waals surface area (Å²) in [5.74, 6) is -0.297. The molecule has 5 nitrogen and oxygen atoms in total. The van der Waals surface area contributed by atoms with Crippen molar-refractivity contribution < 1.29 is 13.2 Å². The summed E-state index contributed by atoms with van der Waals surface area (Å²) in [6, 6.07) is 11.6. The van der Waals surface area contributed by atoms with Gasteiger partial charge in [0.1, 0.15) is 0 Å². The minimum Gasteiger partial charge on any atom is -0.350 e. The molecular formula is C18H22N2O3S. The second-order valence-corrected chi connectivity index (χ2v) is 7.71. The molecule has 0 aliphatic heterocycles. The Morgan fingerprint density at radius 2 is 1.58 bits per heavy atom. The third kappa shape index (κ3) is 4.14. The van der Waals surface area contributed by atoms with Gasteiger partial charge in [0.05, 0.1) is 10.6 Å². The highest BCUT2D eigenvalue weighted by Gasteiger charge is 2.18. The first-order chi connectivity index (χ1) is 11.2. The normalized spacial score (nSPS) is 11.4. The summed E-state index contributed by atoms with van der Waals surface area (Å²) in [6.07, 6.45) is 0. The predicted octanol–water partition coefficient (Wildman–Crippen LogP) is 3.24. The Kier molecular flexibility index (Phi) is 5.29. The molecule has 2 N–H and O–H groups in total. The third-order valence-corrected chi connectivity index (χ3v) is 4.89.